The van der Waals surface area contributed by atoms with Gasteiger partial charge in [-0.05, 0) is 29.3 Å². The number of pyridine rings is 1. The first-order chi connectivity index (χ1) is 8.18. The number of carbonyl (C=O) groups excluding carboxylic acids is 1. The van der Waals surface area contributed by atoms with Gasteiger partial charge in [-0.1, -0.05) is 0 Å². The topological polar surface area (TPSA) is 62.0 Å². The molecule has 2 aromatic rings. The first-order valence-electron chi connectivity index (χ1n) is 5.18. The van der Waals surface area contributed by atoms with Gasteiger partial charge in [-0.2, -0.15) is 11.3 Å². The molecule has 0 aliphatic heterocycles. The first kappa shape index (κ1) is 11.6. The van der Waals surface area contributed by atoms with Crippen molar-refractivity contribution in [2.75, 3.05) is 0 Å². The fourth-order valence-corrected chi connectivity index (χ4v) is 2.23. The Labute approximate surface area is 102 Å². The van der Waals surface area contributed by atoms with Crippen LogP contribution in [0, 0.1) is 0 Å². The minimum Gasteiger partial charge on any atom is -0.367 e. The number of hydrogen-bond donors (Lipinski definition) is 2. The maximum atomic E-state index is 11.8. The fourth-order valence-electron chi connectivity index (χ4n) is 1.47. The zero-order valence-electron chi connectivity index (χ0n) is 9.27. The van der Waals surface area contributed by atoms with Crippen molar-refractivity contribution >= 4 is 17.2 Å². The van der Waals surface area contributed by atoms with Crippen LogP contribution in [-0.4, -0.2) is 10.9 Å². The number of carbonyl (C=O) groups is 1. The van der Waals surface area contributed by atoms with Crippen LogP contribution in [0.3, 0.4) is 0 Å². The van der Waals surface area contributed by atoms with Crippen molar-refractivity contribution in [3.8, 4) is 0 Å². The molecule has 1 atom stereocenters. The zero-order valence-corrected chi connectivity index (χ0v) is 10.1. The van der Waals surface area contributed by atoms with Gasteiger partial charge in [0.1, 0.15) is 5.56 Å². The highest BCUT2D eigenvalue weighted by Crippen LogP contribution is 2.15. The van der Waals surface area contributed by atoms with Crippen molar-refractivity contribution in [2.45, 2.75) is 13.0 Å². The number of nitrogens with one attached hydrogen (secondary N) is 2. The quantitative estimate of drug-likeness (QED) is 0.871. The van der Waals surface area contributed by atoms with Crippen molar-refractivity contribution in [2.24, 2.45) is 0 Å². The smallest absolute Gasteiger partial charge is 0.257 e. The zero-order chi connectivity index (χ0) is 12.3. The molecule has 0 bridgehead atoms. The largest absolute Gasteiger partial charge is 0.367 e. The first-order valence-corrected chi connectivity index (χ1v) is 6.13. The average Bonchev–Trinajstić information content (AvgIpc) is 2.82. The lowest BCUT2D eigenvalue weighted by Crippen LogP contribution is -2.30. The van der Waals surface area contributed by atoms with E-state index < -0.39 is 0 Å². The molecular formula is C12H12N2O2S. The van der Waals surface area contributed by atoms with Gasteiger partial charge >= 0.3 is 0 Å². The molecule has 0 radical (unpaired) electrons. The molecule has 0 aliphatic rings. The molecule has 4 nitrogen and oxygen atoms in total. The van der Waals surface area contributed by atoms with Crippen LogP contribution in [0.4, 0.5) is 0 Å². The third-order valence-electron chi connectivity index (χ3n) is 2.46. The monoisotopic (exact) mass is 248 g/mol. The van der Waals surface area contributed by atoms with Crippen molar-refractivity contribution in [1.29, 1.82) is 0 Å². The van der Waals surface area contributed by atoms with Crippen LogP contribution in [0.15, 0.2) is 40.1 Å². The van der Waals surface area contributed by atoms with Crippen LogP contribution in [0.25, 0.3) is 0 Å². The van der Waals surface area contributed by atoms with E-state index in [1.165, 1.54) is 18.5 Å². The summed E-state index contributed by atoms with van der Waals surface area (Å²) in [7, 11) is 0. The second-order valence-electron chi connectivity index (χ2n) is 3.67. The third kappa shape index (κ3) is 2.62. The number of thiophene rings is 1. The van der Waals surface area contributed by atoms with Crippen molar-refractivity contribution in [3.05, 3.63) is 56.6 Å². The Morgan fingerprint density at radius 1 is 1.47 bits per heavy atom. The van der Waals surface area contributed by atoms with Gasteiger partial charge in [0.2, 0.25) is 0 Å². The van der Waals surface area contributed by atoms with Gasteiger partial charge in [0, 0.05) is 18.5 Å². The van der Waals surface area contributed by atoms with Gasteiger partial charge in [0.15, 0.2) is 5.43 Å². The molecule has 2 rings (SSSR count). The van der Waals surface area contributed by atoms with Gasteiger partial charge in [-0.15, -0.1) is 0 Å². The standard InChI is InChI=1S/C12H12N2O2S/c1-8(9-3-5-17-7-9)14-12(16)10-6-13-4-2-11(10)15/h2-8H,1H3,(H,13,15)(H,14,16). The predicted molar refractivity (Wildman–Crippen MR) is 67.3 cm³/mol. The average molecular weight is 248 g/mol. The van der Waals surface area contributed by atoms with Crippen LogP contribution in [0.1, 0.15) is 28.9 Å². The second kappa shape index (κ2) is 4.97. The highest BCUT2D eigenvalue weighted by atomic mass is 32.1. The van der Waals surface area contributed by atoms with E-state index in [9.17, 15) is 9.59 Å². The molecular weight excluding hydrogens is 236 g/mol. The summed E-state index contributed by atoms with van der Waals surface area (Å²) >= 11 is 1.57. The van der Waals surface area contributed by atoms with Gasteiger partial charge < -0.3 is 10.3 Å². The Morgan fingerprint density at radius 3 is 2.94 bits per heavy atom. The maximum Gasteiger partial charge on any atom is 0.257 e. The lowest BCUT2D eigenvalue weighted by molar-refractivity contribution is 0.0938. The molecule has 0 fully saturated rings. The molecule has 2 aromatic heterocycles. The van der Waals surface area contributed by atoms with E-state index in [1.807, 2.05) is 23.8 Å². The number of amides is 1. The summed E-state index contributed by atoms with van der Waals surface area (Å²) in [5, 5.41) is 6.71. The summed E-state index contributed by atoms with van der Waals surface area (Å²) < 4.78 is 0. The molecule has 1 unspecified atom stereocenters. The van der Waals surface area contributed by atoms with E-state index in [4.69, 9.17) is 0 Å². The summed E-state index contributed by atoms with van der Waals surface area (Å²) in [6.45, 7) is 1.89. The van der Waals surface area contributed by atoms with E-state index in [-0.39, 0.29) is 22.9 Å². The molecule has 5 heteroatoms. The van der Waals surface area contributed by atoms with E-state index in [0.29, 0.717) is 0 Å². The van der Waals surface area contributed by atoms with Gasteiger partial charge in [0.25, 0.3) is 5.91 Å². The second-order valence-corrected chi connectivity index (χ2v) is 4.45. The van der Waals surface area contributed by atoms with Gasteiger partial charge in [-0.25, -0.2) is 0 Å². The van der Waals surface area contributed by atoms with Crippen LogP contribution < -0.4 is 10.7 Å². The van der Waals surface area contributed by atoms with Crippen molar-refractivity contribution < 1.29 is 4.79 Å². The molecule has 0 spiro atoms. The number of aromatic amines is 1. The Morgan fingerprint density at radius 2 is 2.29 bits per heavy atom. The fraction of sp³-hybridized carbons (Fsp3) is 0.167. The van der Waals surface area contributed by atoms with Crippen LogP contribution in [-0.2, 0) is 0 Å². The highest BCUT2D eigenvalue weighted by molar-refractivity contribution is 7.07. The summed E-state index contributed by atoms with van der Waals surface area (Å²) in [6, 6.07) is 3.18. The SMILES string of the molecule is CC(NC(=O)c1c[nH]ccc1=O)c1ccsc1. The lowest BCUT2D eigenvalue weighted by Gasteiger charge is -2.11. The van der Waals surface area contributed by atoms with Gasteiger partial charge in [-0.3, -0.25) is 9.59 Å². The van der Waals surface area contributed by atoms with Crippen molar-refractivity contribution in [3.63, 3.8) is 0 Å². The number of H-pyrrole nitrogens is 1. The van der Waals surface area contributed by atoms with Crippen molar-refractivity contribution in [1.82, 2.24) is 10.3 Å². The lowest BCUT2D eigenvalue weighted by atomic mass is 10.1. The summed E-state index contributed by atoms with van der Waals surface area (Å²) in [4.78, 5) is 26.0. The molecule has 0 saturated carbocycles. The third-order valence-corrected chi connectivity index (χ3v) is 3.16. The summed E-state index contributed by atoms with van der Waals surface area (Å²) in [5.74, 6) is -0.356. The molecule has 2 heterocycles. The Hall–Kier alpha value is -1.88. The number of aromatic nitrogens is 1. The molecule has 0 aromatic carbocycles. The Bertz CT molecular complexity index is 560. The number of rotatable bonds is 3. The minimum atomic E-state index is -0.356. The Kier molecular flexibility index (Phi) is 3.39. The van der Waals surface area contributed by atoms with E-state index in [1.54, 1.807) is 11.3 Å². The normalized spacial score (nSPS) is 12.1. The molecule has 0 saturated heterocycles. The van der Waals surface area contributed by atoms with E-state index in [0.717, 1.165) is 5.56 Å². The summed E-state index contributed by atoms with van der Waals surface area (Å²) in [6.07, 6.45) is 2.92. The molecule has 1 amide bonds. The van der Waals surface area contributed by atoms with E-state index in [2.05, 4.69) is 10.3 Å². The maximum absolute atomic E-state index is 11.8. The van der Waals surface area contributed by atoms with Crippen LogP contribution >= 0.6 is 11.3 Å². The molecule has 17 heavy (non-hydrogen) atoms. The molecule has 2 N–H and O–H groups in total. The highest BCUT2D eigenvalue weighted by Gasteiger charge is 2.13. The number of hydrogen-bond acceptors (Lipinski definition) is 3. The molecule has 0 aliphatic carbocycles. The van der Waals surface area contributed by atoms with Crippen LogP contribution in [0.2, 0.25) is 0 Å². The Balaban J connectivity index is 2.13. The van der Waals surface area contributed by atoms with Crippen LogP contribution in [0.5, 0.6) is 0 Å². The van der Waals surface area contributed by atoms with E-state index >= 15 is 0 Å². The van der Waals surface area contributed by atoms with Gasteiger partial charge in [0.05, 0.1) is 6.04 Å². The summed E-state index contributed by atoms with van der Waals surface area (Å²) in [5.41, 5.74) is 0.893. The predicted octanol–water partition coefficient (Wildman–Crippen LogP) is 1.93. The minimum absolute atomic E-state index is 0.103. The molecule has 88 valence electrons.